The van der Waals surface area contributed by atoms with Crippen LogP contribution >= 0.6 is 15.9 Å². The largest absolute Gasteiger partial charge is 0.493 e. The maximum Gasteiger partial charge on any atom is 0.160 e. The van der Waals surface area contributed by atoms with Crippen LogP contribution in [0.15, 0.2) is 18.2 Å². The highest BCUT2D eigenvalue weighted by Gasteiger charge is 2.66. The van der Waals surface area contributed by atoms with Crippen LogP contribution in [0.25, 0.3) is 0 Å². The summed E-state index contributed by atoms with van der Waals surface area (Å²) >= 11 is 3.65. The van der Waals surface area contributed by atoms with E-state index in [1.807, 2.05) is 6.07 Å². The molecular formula is C16H23BrO2. The minimum Gasteiger partial charge on any atom is -0.493 e. The van der Waals surface area contributed by atoms with Crippen molar-refractivity contribution in [3.8, 4) is 11.5 Å². The Morgan fingerprint density at radius 2 is 1.74 bits per heavy atom. The average molecular weight is 327 g/mol. The van der Waals surface area contributed by atoms with E-state index in [1.165, 1.54) is 5.56 Å². The third-order valence-electron chi connectivity index (χ3n) is 5.20. The van der Waals surface area contributed by atoms with Gasteiger partial charge in [0.05, 0.1) is 14.2 Å². The van der Waals surface area contributed by atoms with Crippen molar-refractivity contribution >= 4 is 15.9 Å². The van der Waals surface area contributed by atoms with Gasteiger partial charge in [-0.25, -0.2) is 0 Å². The van der Waals surface area contributed by atoms with Crippen molar-refractivity contribution in [2.45, 2.75) is 27.2 Å². The zero-order valence-electron chi connectivity index (χ0n) is 12.4. The van der Waals surface area contributed by atoms with Gasteiger partial charge in [-0.3, -0.25) is 0 Å². The smallest absolute Gasteiger partial charge is 0.160 e. The van der Waals surface area contributed by atoms with Crippen LogP contribution in [0.3, 0.4) is 0 Å². The molecule has 1 aliphatic carbocycles. The molecule has 1 aliphatic rings. The Kier molecular flexibility index (Phi) is 3.87. The van der Waals surface area contributed by atoms with Crippen LogP contribution in [0.2, 0.25) is 0 Å². The molecule has 1 fully saturated rings. The van der Waals surface area contributed by atoms with Gasteiger partial charge in [0.2, 0.25) is 0 Å². The molecule has 2 unspecified atom stereocenters. The number of halogens is 1. The summed E-state index contributed by atoms with van der Waals surface area (Å²) in [6, 6.07) is 6.24. The maximum atomic E-state index is 5.38. The zero-order chi connectivity index (χ0) is 14.3. The average Bonchev–Trinajstić information content (AvgIpc) is 2.81. The molecule has 0 radical (unpaired) electrons. The maximum absolute atomic E-state index is 5.38. The van der Waals surface area contributed by atoms with Gasteiger partial charge in [0, 0.05) is 5.33 Å². The Balaban J connectivity index is 2.21. The first-order valence-corrected chi connectivity index (χ1v) is 7.79. The van der Waals surface area contributed by atoms with E-state index in [4.69, 9.17) is 9.47 Å². The summed E-state index contributed by atoms with van der Waals surface area (Å²) in [6.07, 6.45) is 1.08. The molecule has 0 spiro atoms. The van der Waals surface area contributed by atoms with Crippen LogP contribution in [0.1, 0.15) is 26.3 Å². The number of rotatable bonds is 5. The minimum atomic E-state index is 0.357. The summed E-state index contributed by atoms with van der Waals surface area (Å²) in [4.78, 5) is 0. The summed E-state index contributed by atoms with van der Waals surface area (Å²) in [6.45, 7) is 7.11. The topological polar surface area (TPSA) is 18.5 Å². The Morgan fingerprint density at radius 3 is 2.21 bits per heavy atom. The van der Waals surface area contributed by atoms with Gasteiger partial charge >= 0.3 is 0 Å². The van der Waals surface area contributed by atoms with Crippen molar-refractivity contribution in [1.82, 2.24) is 0 Å². The predicted octanol–water partition coefficient (Wildman–Crippen LogP) is 4.30. The molecule has 1 saturated carbocycles. The van der Waals surface area contributed by atoms with Gasteiger partial charge in [0.15, 0.2) is 11.5 Å². The normalized spacial score (nSPS) is 28.0. The predicted molar refractivity (Wildman–Crippen MR) is 82.4 cm³/mol. The zero-order valence-corrected chi connectivity index (χ0v) is 14.0. The summed E-state index contributed by atoms with van der Waals surface area (Å²) in [7, 11) is 3.36. The first-order chi connectivity index (χ1) is 8.90. The van der Waals surface area contributed by atoms with E-state index in [9.17, 15) is 0 Å². The number of methoxy groups -OCH3 is 2. The lowest BCUT2D eigenvalue weighted by Gasteiger charge is -2.16. The van der Waals surface area contributed by atoms with Crippen molar-refractivity contribution in [3.63, 3.8) is 0 Å². The van der Waals surface area contributed by atoms with E-state index in [-0.39, 0.29) is 0 Å². The summed E-state index contributed by atoms with van der Waals surface area (Å²) in [5.74, 6) is 2.34. The highest BCUT2D eigenvalue weighted by molar-refractivity contribution is 9.09. The van der Waals surface area contributed by atoms with Crippen LogP contribution < -0.4 is 9.47 Å². The van der Waals surface area contributed by atoms with Gasteiger partial charge in [-0.2, -0.15) is 0 Å². The van der Waals surface area contributed by atoms with Gasteiger partial charge in [-0.05, 0) is 40.9 Å². The van der Waals surface area contributed by atoms with Crippen LogP contribution in [0, 0.1) is 16.7 Å². The lowest BCUT2D eigenvalue weighted by Crippen LogP contribution is -2.08. The molecule has 1 aromatic carbocycles. The van der Waals surface area contributed by atoms with Crippen molar-refractivity contribution in [2.75, 3.05) is 19.5 Å². The first kappa shape index (κ1) is 14.7. The van der Waals surface area contributed by atoms with Crippen LogP contribution in [0.5, 0.6) is 11.5 Å². The van der Waals surface area contributed by atoms with Gasteiger partial charge in [-0.1, -0.05) is 42.8 Å². The number of ether oxygens (including phenoxy) is 2. The second kappa shape index (κ2) is 5.01. The molecule has 106 valence electrons. The van der Waals surface area contributed by atoms with E-state index >= 15 is 0 Å². The van der Waals surface area contributed by atoms with Crippen molar-refractivity contribution in [3.05, 3.63) is 23.8 Å². The van der Waals surface area contributed by atoms with Gasteiger partial charge in [0.25, 0.3) is 0 Å². The lowest BCUT2D eigenvalue weighted by molar-refractivity contribution is 0.353. The minimum absolute atomic E-state index is 0.357. The Morgan fingerprint density at radius 1 is 1.11 bits per heavy atom. The standard InChI is InChI=1S/C16H23BrO2/c1-15(2)14(10-17)16(15,3)9-11-6-7-12(18-4)13(8-11)19-5/h6-8,14H,9-10H2,1-5H3. The molecule has 0 aromatic heterocycles. The van der Waals surface area contributed by atoms with E-state index in [0.29, 0.717) is 10.8 Å². The molecule has 2 nitrogen and oxygen atoms in total. The third-order valence-corrected chi connectivity index (χ3v) is 5.85. The monoisotopic (exact) mass is 326 g/mol. The van der Waals surface area contributed by atoms with Gasteiger partial charge in [0.1, 0.15) is 0 Å². The number of hydrogen-bond acceptors (Lipinski definition) is 2. The molecule has 19 heavy (non-hydrogen) atoms. The van der Waals surface area contributed by atoms with Gasteiger partial charge < -0.3 is 9.47 Å². The Labute approximate surface area is 124 Å². The third kappa shape index (κ3) is 2.26. The first-order valence-electron chi connectivity index (χ1n) is 6.67. The number of alkyl halides is 1. The fraction of sp³-hybridized carbons (Fsp3) is 0.625. The van der Waals surface area contributed by atoms with Crippen LogP contribution in [0.4, 0.5) is 0 Å². The van der Waals surface area contributed by atoms with Crippen molar-refractivity contribution < 1.29 is 9.47 Å². The van der Waals surface area contributed by atoms with E-state index < -0.39 is 0 Å². The summed E-state index contributed by atoms with van der Waals surface area (Å²) in [5, 5.41) is 1.07. The lowest BCUT2D eigenvalue weighted by atomic mass is 9.90. The molecule has 0 heterocycles. The number of hydrogen-bond donors (Lipinski definition) is 0. The molecule has 0 N–H and O–H groups in total. The van der Waals surface area contributed by atoms with Crippen molar-refractivity contribution in [2.24, 2.45) is 16.7 Å². The molecule has 3 heteroatoms. The van der Waals surface area contributed by atoms with Crippen LogP contribution in [-0.4, -0.2) is 19.5 Å². The second-order valence-corrected chi connectivity index (χ2v) is 6.86. The fourth-order valence-electron chi connectivity index (χ4n) is 3.33. The Hall–Kier alpha value is -0.700. The SMILES string of the molecule is COc1ccc(CC2(C)C(CBr)C2(C)C)cc1OC. The molecule has 1 aromatic rings. The van der Waals surface area contributed by atoms with E-state index in [1.54, 1.807) is 14.2 Å². The molecular weight excluding hydrogens is 304 g/mol. The quantitative estimate of drug-likeness (QED) is 0.751. The van der Waals surface area contributed by atoms with E-state index in [2.05, 4.69) is 48.8 Å². The van der Waals surface area contributed by atoms with Crippen LogP contribution in [-0.2, 0) is 6.42 Å². The number of benzene rings is 1. The second-order valence-electron chi connectivity index (χ2n) is 6.21. The molecule has 2 atom stereocenters. The molecule has 0 saturated heterocycles. The molecule has 2 rings (SSSR count). The molecule has 0 aliphatic heterocycles. The van der Waals surface area contributed by atoms with E-state index in [0.717, 1.165) is 29.2 Å². The fourth-order valence-corrected chi connectivity index (χ4v) is 4.85. The Bertz CT molecular complexity index is 470. The summed E-state index contributed by atoms with van der Waals surface area (Å²) < 4.78 is 10.7. The highest BCUT2D eigenvalue weighted by atomic mass is 79.9. The molecule has 0 bridgehead atoms. The summed E-state index contributed by atoms with van der Waals surface area (Å²) in [5.41, 5.74) is 2.07. The highest BCUT2D eigenvalue weighted by Crippen LogP contribution is 2.70. The van der Waals surface area contributed by atoms with Gasteiger partial charge in [-0.15, -0.1) is 0 Å². The van der Waals surface area contributed by atoms with Crippen molar-refractivity contribution in [1.29, 1.82) is 0 Å². The molecule has 0 amide bonds.